The Morgan fingerprint density at radius 3 is 2.50 bits per heavy atom. The second-order valence-electron chi connectivity index (χ2n) is 10.0. The molecule has 0 bridgehead atoms. The summed E-state index contributed by atoms with van der Waals surface area (Å²) in [5.41, 5.74) is 5.94. The maximum Gasteiger partial charge on any atom is 0.174 e. The van der Waals surface area contributed by atoms with E-state index >= 15 is 0 Å². The van der Waals surface area contributed by atoms with Crippen LogP contribution in [0.3, 0.4) is 0 Å². The molecule has 4 aliphatic rings. The fraction of sp³-hybridized carbons (Fsp3) is 0.233. The normalized spacial score (nSPS) is 25.9. The molecular formula is C30H25N2O4-. The number of likely N-dealkylation sites (tertiary alicyclic amines) is 1. The number of aryl methyl sites for hydroxylation is 1. The van der Waals surface area contributed by atoms with Crippen molar-refractivity contribution in [1.82, 2.24) is 4.90 Å². The van der Waals surface area contributed by atoms with Gasteiger partial charge in [0.2, 0.25) is 0 Å². The smallest absolute Gasteiger partial charge is 0.174 e. The molecule has 1 saturated heterocycles. The Morgan fingerprint density at radius 1 is 0.972 bits per heavy atom. The standard InChI is InChI=1S/C30H26N2O4/c1-16-3-9-24-20(11-16)28(33)21-14-27-23(13-25(21)31-24)29(34)22-12-17(2)4-10-26(22)32(27)15-18-5-7-19(8-6-18)30(35)36/h3-14,21-22,25-26,31H,15H2,1-2H3,(H,35,36)/p-1. The zero-order valence-corrected chi connectivity index (χ0v) is 20.0. The molecular weight excluding hydrogens is 452 g/mol. The van der Waals surface area contributed by atoms with Gasteiger partial charge in [-0.05, 0) is 49.3 Å². The lowest BCUT2D eigenvalue weighted by molar-refractivity contribution is -0.255. The van der Waals surface area contributed by atoms with E-state index < -0.39 is 11.9 Å². The number of aromatic carboxylic acids is 1. The Hall–Kier alpha value is -4.19. The molecule has 6 nitrogen and oxygen atoms in total. The Balaban J connectivity index is 1.43. The van der Waals surface area contributed by atoms with E-state index in [4.69, 9.17) is 0 Å². The Labute approximate surface area is 209 Å². The maximum atomic E-state index is 13.7. The number of nitrogens with one attached hydrogen (secondary N) is 1. The highest BCUT2D eigenvalue weighted by molar-refractivity contribution is 6.09. The highest BCUT2D eigenvalue weighted by Crippen LogP contribution is 2.43. The number of hydrogen-bond donors (Lipinski definition) is 1. The van der Waals surface area contributed by atoms with Gasteiger partial charge in [-0.1, -0.05) is 59.7 Å². The van der Waals surface area contributed by atoms with Gasteiger partial charge in [-0.3, -0.25) is 9.59 Å². The van der Waals surface area contributed by atoms with Gasteiger partial charge in [0.05, 0.1) is 29.9 Å². The number of fused-ring (bicyclic) bond motifs is 4. The zero-order valence-electron chi connectivity index (χ0n) is 20.0. The number of piperidine rings is 1. The van der Waals surface area contributed by atoms with E-state index in [-0.39, 0.29) is 35.1 Å². The summed E-state index contributed by atoms with van der Waals surface area (Å²) in [5, 5.41) is 14.7. The SMILES string of the molecule is CC1=CC2C(=O)C3=CC4Nc5ccc(C)cc5C(=O)C4C=C3N(Cc3ccc(C(=O)[O-])cc3)C2C=C1. The molecule has 2 aromatic rings. The monoisotopic (exact) mass is 477 g/mol. The highest BCUT2D eigenvalue weighted by atomic mass is 16.4. The topological polar surface area (TPSA) is 89.5 Å². The first-order valence-corrected chi connectivity index (χ1v) is 12.1. The number of anilines is 1. The van der Waals surface area contributed by atoms with E-state index in [1.807, 2.05) is 56.4 Å². The number of carbonyl (C=O) groups excluding carboxylic acids is 3. The quantitative estimate of drug-likeness (QED) is 0.729. The van der Waals surface area contributed by atoms with Crippen molar-refractivity contribution in [1.29, 1.82) is 0 Å². The molecule has 6 heteroatoms. The molecule has 6 rings (SSSR count). The number of rotatable bonds is 3. The Kier molecular flexibility index (Phi) is 5.07. The third-order valence-corrected chi connectivity index (χ3v) is 7.56. The summed E-state index contributed by atoms with van der Waals surface area (Å²) >= 11 is 0. The molecule has 2 aromatic carbocycles. The van der Waals surface area contributed by atoms with E-state index in [9.17, 15) is 19.5 Å². The maximum absolute atomic E-state index is 13.7. The van der Waals surface area contributed by atoms with Gasteiger partial charge in [0.15, 0.2) is 11.6 Å². The number of allylic oxidation sites excluding steroid dienone is 3. The molecule has 4 unspecified atom stereocenters. The third kappa shape index (κ3) is 3.52. The van der Waals surface area contributed by atoms with Crippen LogP contribution in [0.1, 0.15) is 38.8 Å². The van der Waals surface area contributed by atoms with Crippen molar-refractivity contribution in [3.05, 3.63) is 112 Å². The number of Topliss-reactive ketones (excluding diaryl/α,β-unsaturated/α-hetero) is 2. The number of carboxylic acid groups (broad SMARTS) is 1. The van der Waals surface area contributed by atoms with Crippen molar-refractivity contribution < 1.29 is 19.5 Å². The molecule has 0 radical (unpaired) electrons. The first kappa shape index (κ1) is 22.3. The van der Waals surface area contributed by atoms with Gasteiger partial charge in [0.1, 0.15) is 0 Å². The molecule has 0 spiro atoms. The second-order valence-corrected chi connectivity index (χ2v) is 10.0. The molecule has 36 heavy (non-hydrogen) atoms. The molecule has 0 amide bonds. The van der Waals surface area contributed by atoms with Crippen molar-refractivity contribution in [2.24, 2.45) is 11.8 Å². The number of hydrogen-bond acceptors (Lipinski definition) is 6. The lowest BCUT2D eigenvalue weighted by Crippen LogP contribution is -2.51. The molecule has 2 aliphatic heterocycles. The first-order chi connectivity index (χ1) is 17.3. The van der Waals surface area contributed by atoms with Crippen LogP contribution in [0.15, 0.2) is 89.7 Å². The lowest BCUT2D eigenvalue weighted by Gasteiger charge is -2.46. The lowest BCUT2D eigenvalue weighted by atomic mass is 9.73. The summed E-state index contributed by atoms with van der Waals surface area (Å²) in [6.45, 7) is 4.42. The van der Waals surface area contributed by atoms with Gasteiger partial charge in [0.25, 0.3) is 0 Å². The van der Waals surface area contributed by atoms with E-state index in [1.165, 1.54) is 12.1 Å². The summed E-state index contributed by atoms with van der Waals surface area (Å²) in [5.74, 6) is -1.86. The van der Waals surface area contributed by atoms with Crippen LogP contribution in [0.5, 0.6) is 0 Å². The molecule has 4 atom stereocenters. The van der Waals surface area contributed by atoms with Crippen LogP contribution in [-0.4, -0.2) is 34.5 Å². The van der Waals surface area contributed by atoms with Gasteiger partial charge in [-0.25, -0.2) is 0 Å². The van der Waals surface area contributed by atoms with Crippen molar-refractivity contribution in [2.75, 3.05) is 5.32 Å². The predicted molar refractivity (Wildman–Crippen MR) is 134 cm³/mol. The highest BCUT2D eigenvalue weighted by Gasteiger charge is 2.45. The largest absolute Gasteiger partial charge is 0.545 e. The molecule has 2 aliphatic carbocycles. The van der Waals surface area contributed by atoms with Crippen LogP contribution in [0.2, 0.25) is 0 Å². The average molecular weight is 478 g/mol. The number of carbonyl (C=O) groups is 3. The molecule has 2 heterocycles. The van der Waals surface area contributed by atoms with Crippen molar-refractivity contribution in [2.45, 2.75) is 32.5 Å². The summed E-state index contributed by atoms with van der Waals surface area (Å²) in [7, 11) is 0. The van der Waals surface area contributed by atoms with E-state index in [0.717, 1.165) is 28.1 Å². The molecule has 1 N–H and O–H groups in total. The summed E-state index contributed by atoms with van der Waals surface area (Å²) in [4.78, 5) is 40.6. The molecule has 0 aromatic heterocycles. The first-order valence-electron chi connectivity index (χ1n) is 12.1. The van der Waals surface area contributed by atoms with Crippen molar-refractivity contribution >= 4 is 23.2 Å². The van der Waals surface area contributed by atoms with Gasteiger partial charge in [-0.2, -0.15) is 0 Å². The van der Waals surface area contributed by atoms with E-state index in [0.29, 0.717) is 17.7 Å². The van der Waals surface area contributed by atoms with Crippen LogP contribution in [0.4, 0.5) is 5.69 Å². The molecule has 0 saturated carbocycles. The number of benzene rings is 2. The predicted octanol–water partition coefficient (Wildman–Crippen LogP) is 3.36. The summed E-state index contributed by atoms with van der Waals surface area (Å²) in [6.07, 6.45) is 9.96. The zero-order chi connectivity index (χ0) is 25.1. The van der Waals surface area contributed by atoms with Crippen molar-refractivity contribution in [3.8, 4) is 0 Å². The fourth-order valence-electron chi connectivity index (χ4n) is 5.72. The van der Waals surface area contributed by atoms with Crippen LogP contribution in [0, 0.1) is 18.8 Å². The van der Waals surface area contributed by atoms with E-state index in [2.05, 4.69) is 16.3 Å². The van der Waals surface area contributed by atoms with Crippen LogP contribution < -0.4 is 10.4 Å². The Bertz CT molecular complexity index is 1440. The van der Waals surface area contributed by atoms with E-state index in [1.54, 1.807) is 12.1 Å². The van der Waals surface area contributed by atoms with Gasteiger partial charge >= 0.3 is 0 Å². The van der Waals surface area contributed by atoms with Gasteiger partial charge in [0, 0.05) is 29.1 Å². The van der Waals surface area contributed by atoms with Crippen LogP contribution in [-0.2, 0) is 11.3 Å². The summed E-state index contributed by atoms with van der Waals surface area (Å²) in [6, 6.07) is 11.9. The number of ketones is 2. The molecule has 1 fully saturated rings. The minimum atomic E-state index is -1.22. The minimum absolute atomic E-state index is 0.0445. The molecule has 180 valence electrons. The third-order valence-electron chi connectivity index (χ3n) is 7.56. The fourth-order valence-corrected chi connectivity index (χ4v) is 5.72. The van der Waals surface area contributed by atoms with Crippen molar-refractivity contribution in [3.63, 3.8) is 0 Å². The average Bonchev–Trinajstić information content (AvgIpc) is 2.87. The minimum Gasteiger partial charge on any atom is -0.545 e. The second kappa shape index (κ2) is 8.19. The number of nitrogens with zero attached hydrogens (tertiary/aromatic N) is 1. The summed E-state index contributed by atoms with van der Waals surface area (Å²) < 4.78 is 0. The van der Waals surface area contributed by atoms with Gasteiger partial charge in [-0.15, -0.1) is 0 Å². The van der Waals surface area contributed by atoms with Crippen LogP contribution in [0.25, 0.3) is 0 Å². The Morgan fingerprint density at radius 2 is 1.75 bits per heavy atom. The number of carboxylic acids is 1. The van der Waals surface area contributed by atoms with Gasteiger partial charge < -0.3 is 20.1 Å². The van der Waals surface area contributed by atoms with Crippen LogP contribution >= 0.6 is 0 Å².